The Morgan fingerprint density at radius 1 is 1.00 bits per heavy atom. The van der Waals surface area contributed by atoms with E-state index in [0.29, 0.717) is 53.2 Å². The largest absolute Gasteiger partial charge is 0.338 e. The zero-order valence-corrected chi connectivity index (χ0v) is 27.5. The zero-order chi connectivity index (χ0) is 34.2. The van der Waals surface area contributed by atoms with Crippen molar-refractivity contribution in [3.63, 3.8) is 0 Å². The molecule has 1 fully saturated rings. The van der Waals surface area contributed by atoms with Gasteiger partial charge in [-0.3, -0.25) is 24.6 Å². The van der Waals surface area contributed by atoms with Crippen LogP contribution in [0.3, 0.4) is 0 Å². The number of rotatable bonds is 8. The van der Waals surface area contributed by atoms with Crippen molar-refractivity contribution >= 4 is 43.8 Å². The van der Waals surface area contributed by atoms with Crippen molar-refractivity contribution in [3.8, 4) is 22.6 Å². The minimum atomic E-state index is -3.88. The fourth-order valence-electron chi connectivity index (χ4n) is 6.40. The predicted molar refractivity (Wildman–Crippen MR) is 183 cm³/mol. The molecule has 0 saturated carbocycles. The number of carbonyl (C=O) groups is 2. The first-order valence-electron chi connectivity index (χ1n) is 15.8. The molecule has 0 unspecified atom stereocenters. The topological polar surface area (TPSA) is 154 Å². The quantitative estimate of drug-likeness (QED) is 0.248. The predicted octanol–water partition coefficient (Wildman–Crippen LogP) is 3.96. The van der Waals surface area contributed by atoms with Crippen molar-refractivity contribution in [2.45, 2.75) is 17.6 Å². The first-order valence-corrected chi connectivity index (χ1v) is 17.7. The Morgan fingerprint density at radius 3 is 2.47 bits per heavy atom. The van der Waals surface area contributed by atoms with Crippen molar-refractivity contribution in [1.29, 1.82) is 0 Å². The summed E-state index contributed by atoms with van der Waals surface area (Å²) in [4.78, 5) is 43.6. The van der Waals surface area contributed by atoms with Gasteiger partial charge in [0.25, 0.3) is 0 Å². The summed E-state index contributed by atoms with van der Waals surface area (Å²) in [6, 6.07) is 16.6. The first-order chi connectivity index (χ1) is 23.6. The van der Waals surface area contributed by atoms with E-state index >= 15 is 0 Å². The Morgan fingerprint density at radius 2 is 1.78 bits per heavy atom. The second-order valence-electron chi connectivity index (χ2n) is 12.3. The molecule has 1 saturated heterocycles. The lowest BCUT2D eigenvalue weighted by atomic mass is 10.0. The summed E-state index contributed by atoms with van der Waals surface area (Å²) in [5.74, 6) is -0.558. The van der Waals surface area contributed by atoms with Crippen LogP contribution < -0.4 is 5.32 Å². The summed E-state index contributed by atoms with van der Waals surface area (Å²) in [6.07, 6.45) is 8.83. The minimum absolute atomic E-state index is 0.000243. The number of likely N-dealkylation sites (tertiary alicyclic amines) is 1. The number of sulfone groups is 1. The maximum atomic E-state index is 13.8. The van der Waals surface area contributed by atoms with E-state index in [4.69, 9.17) is 0 Å². The maximum Gasteiger partial charge on any atom is 0.247 e. The molecule has 5 aromatic rings. The van der Waals surface area contributed by atoms with Crippen LogP contribution in [0.2, 0.25) is 0 Å². The molecule has 2 N–H and O–H groups in total. The number of halogens is 1. The molecule has 0 radical (unpaired) electrons. The van der Waals surface area contributed by atoms with Crippen molar-refractivity contribution in [1.82, 2.24) is 34.9 Å². The molecule has 2 aromatic carbocycles. The number of hydrogen-bond acceptors (Lipinski definition) is 9. The Bertz CT molecular complexity index is 2170. The van der Waals surface area contributed by atoms with E-state index in [1.807, 2.05) is 18.2 Å². The molecular formula is C35H33FN8O4S. The summed E-state index contributed by atoms with van der Waals surface area (Å²) in [5.41, 5.74) is 5.04. The van der Waals surface area contributed by atoms with Crippen LogP contribution in [0, 0.1) is 5.82 Å². The zero-order valence-electron chi connectivity index (χ0n) is 26.6. The fraction of sp³-hybridized carbons (Fsp3) is 0.257. The lowest BCUT2D eigenvalue weighted by Gasteiger charge is -2.29. The van der Waals surface area contributed by atoms with Gasteiger partial charge in [0.2, 0.25) is 11.8 Å². The second-order valence-corrected chi connectivity index (χ2v) is 14.7. The normalized spacial score (nSPS) is 18.4. The summed E-state index contributed by atoms with van der Waals surface area (Å²) in [5, 5.41) is 10.8. The molecule has 5 heterocycles. The van der Waals surface area contributed by atoms with Crippen LogP contribution in [0.15, 0.2) is 85.3 Å². The molecule has 14 heteroatoms. The highest BCUT2D eigenvalue weighted by atomic mass is 32.2. The van der Waals surface area contributed by atoms with Gasteiger partial charge in [-0.15, -0.1) is 0 Å². The number of nitrogens with zero attached hydrogens (tertiary/aromatic N) is 6. The number of nitrogens with one attached hydrogen (secondary N) is 2. The average molecular weight is 681 g/mol. The molecule has 250 valence electrons. The number of aromatic amines is 1. The number of aromatic nitrogens is 5. The molecular weight excluding hydrogens is 648 g/mol. The highest BCUT2D eigenvalue weighted by Crippen LogP contribution is 2.33. The van der Waals surface area contributed by atoms with Gasteiger partial charge in [0.05, 0.1) is 23.4 Å². The summed E-state index contributed by atoms with van der Waals surface area (Å²) in [6.45, 7) is 1.07. The van der Waals surface area contributed by atoms with E-state index in [2.05, 4.69) is 30.5 Å². The van der Waals surface area contributed by atoms with Gasteiger partial charge < -0.3 is 10.2 Å². The monoisotopic (exact) mass is 680 g/mol. The molecule has 0 aliphatic carbocycles. The Labute approximate surface area is 282 Å². The van der Waals surface area contributed by atoms with Crippen LogP contribution in [0.25, 0.3) is 39.1 Å². The Hall–Kier alpha value is -5.34. The third kappa shape index (κ3) is 6.44. The van der Waals surface area contributed by atoms with E-state index in [0.717, 1.165) is 23.1 Å². The lowest BCUT2D eigenvalue weighted by molar-refractivity contribution is -0.132. The van der Waals surface area contributed by atoms with Gasteiger partial charge in [0.15, 0.2) is 20.4 Å². The molecule has 3 aromatic heterocycles. The second kappa shape index (κ2) is 12.9. The SMILES string of the molecule is CS(=O)(=O)[C@@]1(C(=O)Nc2ccc3[nH]nc(-c4ccc(F)cc4)c3c2)CCN(CC(=O)N2CC=C(c3ccc(-c4ncccn4)cn3)CC2)C1. The highest BCUT2D eigenvalue weighted by Gasteiger charge is 2.53. The molecule has 2 aliphatic rings. The van der Waals surface area contributed by atoms with Crippen LogP contribution in [-0.2, 0) is 19.4 Å². The van der Waals surface area contributed by atoms with Crippen LogP contribution in [0.1, 0.15) is 18.5 Å². The van der Waals surface area contributed by atoms with E-state index in [1.165, 1.54) is 12.1 Å². The van der Waals surface area contributed by atoms with E-state index in [9.17, 15) is 22.4 Å². The number of fused-ring (bicyclic) bond motifs is 1. The van der Waals surface area contributed by atoms with Crippen molar-refractivity contribution in [2.24, 2.45) is 0 Å². The number of hydrogen-bond donors (Lipinski definition) is 2. The average Bonchev–Trinajstić information content (AvgIpc) is 3.74. The highest BCUT2D eigenvalue weighted by molar-refractivity contribution is 7.93. The summed E-state index contributed by atoms with van der Waals surface area (Å²) in [7, 11) is -3.88. The third-order valence-electron chi connectivity index (χ3n) is 9.21. The van der Waals surface area contributed by atoms with Crippen molar-refractivity contribution in [3.05, 3.63) is 96.8 Å². The van der Waals surface area contributed by atoms with Gasteiger partial charge in [0, 0.05) is 73.2 Å². The van der Waals surface area contributed by atoms with Gasteiger partial charge in [-0.1, -0.05) is 6.08 Å². The van der Waals surface area contributed by atoms with Gasteiger partial charge in [-0.2, -0.15) is 5.10 Å². The van der Waals surface area contributed by atoms with E-state index in [-0.39, 0.29) is 37.8 Å². The van der Waals surface area contributed by atoms with E-state index in [1.54, 1.807) is 64.8 Å². The van der Waals surface area contributed by atoms with Gasteiger partial charge in [-0.05, 0) is 79.1 Å². The number of H-pyrrole nitrogens is 1. The van der Waals surface area contributed by atoms with E-state index < -0.39 is 20.5 Å². The fourth-order valence-corrected chi connectivity index (χ4v) is 7.66. The molecule has 2 aliphatic heterocycles. The molecule has 1 atom stereocenters. The Balaban J connectivity index is 1.00. The minimum Gasteiger partial charge on any atom is -0.338 e. The molecule has 2 amide bonds. The number of benzene rings is 2. The molecule has 0 spiro atoms. The summed E-state index contributed by atoms with van der Waals surface area (Å²) < 4.78 is 38.1. The third-order valence-corrected chi connectivity index (χ3v) is 11.1. The molecule has 0 bridgehead atoms. The number of anilines is 1. The van der Waals surface area contributed by atoms with Gasteiger partial charge in [0.1, 0.15) is 5.82 Å². The van der Waals surface area contributed by atoms with Crippen LogP contribution >= 0.6 is 0 Å². The maximum absolute atomic E-state index is 13.8. The van der Waals surface area contributed by atoms with Gasteiger partial charge in [-0.25, -0.2) is 22.8 Å². The number of carbonyl (C=O) groups excluding carboxylic acids is 2. The lowest BCUT2D eigenvalue weighted by Crippen LogP contribution is -2.52. The van der Waals surface area contributed by atoms with Crippen molar-refractivity contribution in [2.75, 3.05) is 44.3 Å². The molecule has 49 heavy (non-hydrogen) atoms. The van der Waals surface area contributed by atoms with Crippen LogP contribution in [-0.4, -0.2) is 98.9 Å². The Kier molecular flexibility index (Phi) is 8.50. The number of pyridine rings is 1. The smallest absolute Gasteiger partial charge is 0.247 e. The van der Waals surface area contributed by atoms with Crippen LogP contribution in [0.4, 0.5) is 10.1 Å². The molecule has 12 nitrogen and oxygen atoms in total. The first kappa shape index (κ1) is 32.2. The van der Waals surface area contributed by atoms with Gasteiger partial charge >= 0.3 is 0 Å². The molecule has 7 rings (SSSR count). The van der Waals surface area contributed by atoms with Crippen LogP contribution in [0.5, 0.6) is 0 Å². The standard InChI is InChI=1S/C35H33FN8O4S/c1-49(47,48)35(34(46)40-27-8-10-30-28(19-27)32(42-41-30)24-3-6-26(36)7-4-24)13-18-43(22-35)21-31(45)44-16-11-23(12-17-44)29-9-5-25(20-39-29)33-37-14-2-15-38-33/h2-11,14-15,19-20H,12-13,16-18,21-22H2,1H3,(H,40,46)(H,41,42)/t35-/m0/s1. The summed E-state index contributed by atoms with van der Waals surface area (Å²) >= 11 is 0. The van der Waals surface area contributed by atoms with Crippen molar-refractivity contribution < 1.29 is 22.4 Å². The number of amides is 2.